The van der Waals surface area contributed by atoms with Crippen LogP contribution in [0.3, 0.4) is 0 Å². The van der Waals surface area contributed by atoms with Gasteiger partial charge in [-0.1, -0.05) is 15.9 Å². The second-order valence-corrected chi connectivity index (χ2v) is 3.34. The maximum absolute atomic E-state index is 12.7. The number of hydrogen-bond donors (Lipinski definition) is 0. The van der Waals surface area contributed by atoms with E-state index in [0.717, 1.165) is 5.56 Å². The van der Waals surface area contributed by atoms with Crippen molar-refractivity contribution in [3.05, 3.63) is 22.9 Å². The number of nitrogens with zero attached hydrogens (tertiary/aromatic N) is 1. The third-order valence-corrected chi connectivity index (χ3v) is 2.51. The van der Waals surface area contributed by atoms with Crippen molar-refractivity contribution < 1.29 is 13.5 Å². The lowest BCUT2D eigenvalue weighted by Crippen LogP contribution is -2.02. The van der Waals surface area contributed by atoms with E-state index in [1.807, 2.05) is 0 Å². The number of alkyl halides is 3. The predicted molar refractivity (Wildman–Crippen MR) is 53.1 cm³/mol. The summed E-state index contributed by atoms with van der Waals surface area (Å²) in [5.74, 6) is 0.0000463. The van der Waals surface area contributed by atoms with E-state index < -0.39 is 6.43 Å². The van der Waals surface area contributed by atoms with Crippen molar-refractivity contribution in [2.45, 2.75) is 18.7 Å². The largest absolute Gasteiger partial charge is 0.481 e. The topological polar surface area (TPSA) is 22.1 Å². The first kappa shape index (κ1) is 11.4. The number of aryl methyl sites for hydroxylation is 1. The van der Waals surface area contributed by atoms with E-state index in [1.54, 1.807) is 6.92 Å². The molecule has 0 bridgehead atoms. The zero-order chi connectivity index (χ0) is 10.7. The maximum atomic E-state index is 12.7. The van der Waals surface area contributed by atoms with Gasteiger partial charge in [0.25, 0.3) is 6.43 Å². The van der Waals surface area contributed by atoms with Gasteiger partial charge in [-0.15, -0.1) is 0 Å². The van der Waals surface area contributed by atoms with E-state index in [2.05, 4.69) is 20.9 Å². The fourth-order valence-electron chi connectivity index (χ4n) is 1.21. The molecular formula is C9H10BrF2NO. The van der Waals surface area contributed by atoms with Crippen LogP contribution >= 0.6 is 15.9 Å². The molecule has 0 unspecified atom stereocenters. The average Bonchev–Trinajstić information content (AvgIpc) is 2.17. The standard InChI is InChI=1S/C9H10BrF2NO/c1-5-4-13-9(14-2)7(8(11)12)6(5)3-10/h4,8H,3H2,1-2H3. The first-order chi connectivity index (χ1) is 6.61. The minimum Gasteiger partial charge on any atom is -0.481 e. The van der Waals surface area contributed by atoms with E-state index in [1.165, 1.54) is 13.3 Å². The molecule has 0 aromatic carbocycles. The molecule has 0 saturated carbocycles. The van der Waals surface area contributed by atoms with Gasteiger partial charge in [-0.2, -0.15) is 0 Å². The van der Waals surface area contributed by atoms with Crippen LogP contribution in [0, 0.1) is 6.92 Å². The van der Waals surface area contributed by atoms with Crippen LogP contribution in [0.5, 0.6) is 5.88 Å². The molecule has 1 heterocycles. The predicted octanol–water partition coefficient (Wildman–Crippen LogP) is 3.23. The summed E-state index contributed by atoms with van der Waals surface area (Å²) < 4.78 is 30.2. The highest BCUT2D eigenvalue weighted by Crippen LogP contribution is 2.33. The number of halogens is 3. The first-order valence-electron chi connectivity index (χ1n) is 3.98. The first-order valence-corrected chi connectivity index (χ1v) is 5.10. The van der Waals surface area contributed by atoms with Gasteiger partial charge in [-0.3, -0.25) is 0 Å². The summed E-state index contributed by atoms with van der Waals surface area (Å²) in [6.07, 6.45) is -1.04. The second kappa shape index (κ2) is 4.68. The van der Waals surface area contributed by atoms with Crippen LogP contribution in [0.25, 0.3) is 0 Å². The second-order valence-electron chi connectivity index (χ2n) is 2.78. The molecule has 0 atom stereocenters. The monoisotopic (exact) mass is 265 g/mol. The van der Waals surface area contributed by atoms with Crippen molar-refractivity contribution in [3.63, 3.8) is 0 Å². The van der Waals surface area contributed by atoms with Gasteiger partial charge >= 0.3 is 0 Å². The van der Waals surface area contributed by atoms with E-state index >= 15 is 0 Å². The smallest absolute Gasteiger partial charge is 0.269 e. The highest BCUT2D eigenvalue weighted by Gasteiger charge is 2.20. The van der Waals surface area contributed by atoms with Gasteiger partial charge in [-0.25, -0.2) is 13.8 Å². The maximum Gasteiger partial charge on any atom is 0.269 e. The number of aromatic nitrogens is 1. The minimum absolute atomic E-state index is 0.0000463. The van der Waals surface area contributed by atoms with Crippen molar-refractivity contribution in [2.24, 2.45) is 0 Å². The Balaban J connectivity index is 3.36. The summed E-state index contributed by atoms with van der Waals surface area (Å²) in [4.78, 5) is 3.80. The molecule has 1 rings (SSSR count). The average molecular weight is 266 g/mol. The normalized spacial score (nSPS) is 10.7. The van der Waals surface area contributed by atoms with Gasteiger partial charge in [0.2, 0.25) is 5.88 Å². The van der Waals surface area contributed by atoms with Crippen LogP contribution in [0.2, 0.25) is 0 Å². The zero-order valence-corrected chi connectivity index (χ0v) is 9.44. The molecule has 0 aliphatic carbocycles. The molecule has 78 valence electrons. The highest BCUT2D eigenvalue weighted by molar-refractivity contribution is 9.08. The van der Waals surface area contributed by atoms with Crippen LogP contribution in [-0.2, 0) is 5.33 Å². The molecule has 0 saturated heterocycles. The fourth-order valence-corrected chi connectivity index (χ4v) is 1.95. The van der Waals surface area contributed by atoms with Crippen molar-refractivity contribution in [1.82, 2.24) is 4.98 Å². The van der Waals surface area contributed by atoms with E-state index in [-0.39, 0.29) is 11.4 Å². The van der Waals surface area contributed by atoms with Crippen molar-refractivity contribution in [1.29, 1.82) is 0 Å². The molecule has 2 nitrogen and oxygen atoms in total. The van der Waals surface area contributed by atoms with Gasteiger partial charge in [0.15, 0.2) is 0 Å². The Morgan fingerprint density at radius 2 is 2.21 bits per heavy atom. The van der Waals surface area contributed by atoms with Crippen LogP contribution in [0.1, 0.15) is 23.1 Å². The third kappa shape index (κ3) is 2.03. The van der Waals surface area contributed by atoms with Crippen molar-refractivity contribution in [2.75, 3.05) is 7.11 Å². The number of ether oxygens (including phenoxy) is 1. The summed E-state index contributed by atoms with van der Waals surface area (Å²) in [7, 11) is 1.33. The minimum atomic E-state index is -2.56. The Labute approximate surface area is 89.4 Å². The number of methoxy groups -OCH3 is 1. The van der Waals surface area contributed by atoms with E-state index in [4.69, 9.17) is 4.74 Å². The molecule has 1 aromatic rings. The van der Waals surface area contributed by atoms with Gasteiger partial charge < -0.3 is 4.74 Å². The van der Waals surface area contributed by atoms with Gasteiger partial charge in [-0.05, 0) is 18.1 Å². The molecule has 0 spiro atoms. The van der Waals surface area contributed by atoms with E-state index in [9.17, 15) is 8.78 Å². The summed E-state index contributed by atoms with van der Waals surface area (Å²) in [6, 6.07) is 0. The van der Waals surface area contributed by atoms with Gasteiger partial charge in [0.1, 0.15) is 0 Å². The Morgan fingerprint density at radius 3 is 2.64 bits per heavy atom. The number of pyridine rings is 1. The molecule has 0 N–H and O–H groups in total. The number of rotatable bonds is 3. The molecule has 0 fully saturated rings. The summed E-state index contributed by atoms with van der Waals surface area (Å²) in [6.45, 7) is 1.74. The molecule has 0 aliphatic heterocycles. The fraction of sp³-hybridized carbons (Fsp3) is 0.444. The van der Waals surface area contributed by atoms with Gasteiger partial charge in [0, 0.05) is 11.5 Å². The summed E-state index contributed by atoms with van der Waals surface area (Å²) >= 11 is 3.17. The van der Waals surface area contributed by atoms with Crippen molar-refractivity contribution >= 4 is 15.9 Å². The van der Waals surface area contributed by atoms with Crippen LogP contribution in [0.15, 0.2) is 6.20 Å². The number of hydrogen-bond acceptors (Lipinski definition) is 2. The van der Waals surface area contributed by atoms with Crippen molar-refractivity contribution in [3.8, 4) is 5.88 Å². The molecule has 0 radical (unpaired) electrons. The highest BCUT2D eigenvalue weighted by atomic mass is 79.9. The summed E-state index contributed by atoms with van der Waals surface area (Å²) in [5.41, 5.74) is 1.16. The lowest BCUT2D eigenvalue weighted by atomic mass is 10.1. The van der Waals surface area contributed by atoms with Gasteiger partial charge in [0.05, 0.1) is 12.7 Å². The Morgan fingerprint density at radius 1 is 1.57 bits per heavy atom. The SMILES string of the molecule is COc1ncc(C)c(CBr)c1C(F)F. The molecule has 14 heavy (non-hydrogen) atoms. The lowest BCUT2D eigenvalue weighted by Gasteiger charge is -2.12. The quantitative estimate of drug-likeness (QED) is 0.783. The molecular weight excluding hydrogens is 256 g/mol. The van der Waals surface area contributed by atoms with Crippen LogP contribution < -0.4 is 4.74 Å². The summed E-state index contributed by atoms with van der Waals surface area (Å²) in [5, 5.41) is 0.372. The van der Waals surface area contributed by atoms with Crippen LogP contribution in [0.4, 0.5) is 8.78 Å². The third-order valence-electron chi connectivity index (χ3n) is 1.95. The Hall–Kier alpha value is -0.710. The molecule has 0 aliphatic rings. The Kier molecular flexibility index (Phi) is 3.80. The zero-order valence-electron chi connectivity index (χ0n) is 7.85. The van der Waals surface area contributed by atoms with E-state index in [0.29, 0.717) is 10.9 Å². The Bertz CT molecular complexity index is 331. The van der Waals surface area contributed by atoms with Crippen LogP contribution in [-0.4, -0.2) is 12.1 Å². The lowest BCUT2D eigenvalue weighted by molar-refractivity contribution is 0.145. The molecule has 1 aromatic heterocycles. The molecule has 0 amide bonds. The molecule has 5 heteroatoms.